The number of thiophene rings is 1. The first kappa shape index (κ1) is 13.7. The highest BCUT2D eigenvalue weighted by atomic mass is 32.1. The molecule has 0 saturated heterocycles. The van der Waals surface area contributed by atoms with E-state index in [0.29, 0.717) is 18.3 Å². The van der Waals surface area contributed by atoms with Crippen molar-refractivity contribution in [2.45, 2.75) is 26.3 Å². The van der Waals surface area contributed by atoms with Gasteiger partial charge in [-0.15, -0.1) is 11.3 Å². The van der Waals surface area contributed by atoms with E-state index < -0.39 is 0 Å². The minimum absolute atomic E-state index is 0.331. The zero-order chi connectivity index (χ0) is 13.7. The molecule has 2 rings (SSSR count). The van der Waals surface area contributed by atoms with Crippen molar-refractivity contribution in [2.24, 2.45) is 0 Å². The van der Waals surface area contributed by atoms with Gasteiger partial charge in [0.1, 0.15) is 5.75 Å². The van der Waals surface area contributed by atoms with Gasteiger partial charge in [0.05, 0.1) is 18.0 Å². The summed E-state index contributed by atoms with van der Waals surface area (Å²) in [7, 11) is 0. The van der Waals surface area contributed by atoms with Crippen LogP contribution in [0.5, 0.6) is 5.75 Å². The van der Waals surface area contributed by atoms with Crippen molar-refractivity contribution >= 4 is 22.7 Å². The van der Waals surface area contributed by atoms with Crippen LogP contribution in [0.2, 0.25) is 0 Å². The van der Waals surface area contributed by atoms with Crippen LogP contribution >= 0.6 is 11.3 Å². The van der Waals surface area contributed by atoms with Gasteiger partial charge in [0, 0.05) is 17.3 Å². The molecule has 1 aromatic heterocycles. The molecule has 0 amide bonds. The molecule has 2 aromatic rings. The van der Waals surface area contributed by atoms with E-state index in [-0.39, 0.29) is 0 Å². The highest BCUT2D eigenvalue weighted by Crippen LogP contribution is 2.30. The quantitative estimate of drug-likeness (QED) is 0.789. The third-order valence-corrected chi connectivity index (χ3v) is 3.75. The average molecular weight is 276 g/mol. The van der Waals surface area contributed by atoms with Gasteiger partial charge < -0.3 is 15.8 Å². The smallest absolute Gasteiger partial charge is 0.144 e. The fourth-order valence-electron chi connectivity index (χ4n) is 2.00. The first-order valence-electron chi connectivity index (χ1n) is 6.51. The maximum Gasteiger partial charge on any atom is 0.144 e. The van der Waals surface area contributed by atoms with Gasteiger partial charge in [-0.05, 0) is 37.4 Å². The fraction of sp³-hybridized carbons (Fsp3) is 0.333. The second-order valence-electron chi connectivity index (χ2n) is 4.48. The predicted molar refractivity (Wildman–Crippen MR) is 83.1 cm³/mol. The molecule has 1 atom stereocenters. The summed E-state index contributed by atoms with van der Waals surface area (Å²) in [4.78, 5) is 1.37. The Morgan fingerprint density at radius 2 is 2.16 bits per heavy atom. The van der Waals surface area contributed by atoms with Gasteiger partial charge in [-0.3, -0.25) is 0 Å². The van der Waals surface area contributed by atoms with Crippen LogP contribution in [0.3, 0.4) is 0 Å². The molecular formula is C15H20N2OS. The maximum atomic E-state index is 6.11. The number of hydrogen-bond acceptors (Lipinski definition) is 4. The number of nitrogens with one attached hydrogen (secondary N) is 1. The molecule has 1 aromatic carbocycles. The Balaban J connectivity index is 2.04. The molecule has 0 bridgehead atoms. The predicted octanol–water partition coefficient (Wildman–Crippen LogP) is 3.77. The molecule has 0 saturated carbocycles. The summed E-state index contributed by atoms with van der Waals surface area (Å²) in [5, 5.41) is 5.55. The Morgan fingerprint density at radius 1 is 1.32 bits per heavy atom. The molecule has 0 radical (unpaired) electrons. The SMILES string of the molecule is CCOc1cccc(NC(C)Cc2cccs2)c1N. The Morgan fingerprint density at radius 3 is 2.84 bits per heavy atom. The van der Waals surface area contributed by atoms with Gasteiger partial charge in [-0.2, -0.15) is 0 Å². The molecule has 1 heterocycles. The van der Waals surface area contributed by atoms with Crippen molar-refractivity contribution in [3.05, 3.63) is 40.6 Å². The third-order valence-electron chi connectivity index (χ3n) is 2.86. The van der Waals surface area contributed by atoms with Crippen molar-refractivity contribution in [2.75, 3.05) is 17.7 Å². The monoisotopic (exact) mass is 276 g/mol. The van der Waals surface area contributed by atoms with Crippen LogP contribution in [0.15, 0.2) is 35.7 Å². The summed E-state index contributed by atoms with van der Waals surface area (Å²) in [6.45, 7) is 4.74. The van der Waals surface area contributed by atoms with Crippen molar-refractivity contribution in [1.82, 2.24) is 0 Å². The van der Waals surface area contributed by atoms with Gasteiger partial charge >= 0.3 is 0 Å². The van der Waals surface area contributed by atoms with E-state index in [9.17, 15) is 0 Å². The Labute approximate surface area is 118 Å². The van der Waals surface area contributed by atoms with Crippen LogP contribution in [0, 0.1) is 0 Å². The number of para-hydroxylation sites is 1. The van der Waals surface area contributed by atoms with E-state index >= 15 is 0 Å². The number of rotatable bonds is 6. The fourth-order valence-corrected chi connectivity index (χ4v) is 2.83. The molecule has 3 nitrogen and oxygen atoms in total. The van der Waals surface area contributed by atoms with Crippen LogP contribution in [-0.4, -0.2) is 12.6 Å². The normalized spacial score (nSPS) is 12.1. The number of nitrogen functional groups attached to an aromatic ring is 1. The molecule has 0 aliphatic heterocycles. The topological polar surface area (TPSA) is 47.3 Å². The zero-order valence-corrected chi connectivity index (χ0v) is 12.2. The Kier molecular flexibility index (Phi) is 4.68. The molecule has 0 aliphatic carbocycles. The lowest BCUT2D eigenvalue weighted by Gasteiger charge is -2.17. The highest BCUT2D eigenvalue weighted by Gasteiger charge is 2.09. The lowest BCUT2D eigenvalue weighted by Crippen LogP contribution is -2.18. The number of nitrogens with two attached hydrogens (primary N) is 1. The van der Waals surface area contributed by atoms with E-state index in [0.717, 1.165) is 17.9 Å². The Bertz CT molecular complexity index is 511. The molecule has 0 fully saturated rings. The summed E-state index contributed by atoms with van der Waals surface area (Å²) < 4.78 is 5.50. The average Bonchev–Trinajstić information content (AvgIpc) is 2.87. The van der Waals surface area contributed by atoms with Crippen molar-refractivity contribution in [1.29, 1.82) is 0 Å². The summed E-state index contributed by atoms with van der Waals surface area (Å²) >= 11 is 1.78. The summed E-state index contributed by atoms with van der Waals surface area (Å²) in [5.74, 6) is 0.746. The van der Waals surface area contributed by atoms with Gasteiger partial charge in [0.15, 0.2) is 0 Å². The van der Waals surface area contributed by atoms with E-state index in [4.69, 9.17) is 10.5 Å². The highest BCUT2D eigenvalue weighted by molar-refractivity contribution is 7.09. The van der Waals surface area contributed by atoms with Crippen LogP contribution in [0.1, 0.15) is 18.7 Å². The van der Waals surface area contributed by atoms with Gasteiger partial charge in [0.25, 0.3) is 0 Å². The van der Waals surface area contributed by atoms with Crippen LogP contribution in [-0.2, 0) is 6.42 Å². The molecule has 3 N–H and O–H groups in total. The summed E-state index contributed by atoms with van der Waals surface area (Å²) in [6.07, 6.45) is 0.996. The zero-order valence-electron chi connectivity index (χ0n) is 11.3. The number of benzene rings is 1. The molecule has 1 unspecified atom stereocenters. The van der Waals surface area contributed by atoms with E-state index in [1.54, 1.807) is 11.3 Å². The first-order chi connectivity index (χ1) is 9.20. The molecule has 4 heteroatoms. The van der Waals surface area contributed by atoms with Crippen molar-refractivity contribution in [3.63, 3.8) is 0 Å². The van der Waals surface area contributed by atoms with Crippen molar-refractivity contribution in [3.8, 4) is 5.75 Å². The van der Waals surface area contributed by atoms with E-state index in [2.05, 4.69) is 29.8 Å². The van der Waals surface area contributed by atoms with Gasteiger partial charge in [-0.25, -0.2) is 0 Å². The number of ether oxygens (including phenoxy) is 1. The van der Waals surface area contributed by atoms with Gasteiger partial charge in [0.2, 0.25) is 0 Å². The van der Waals surface area contributed by atoms with Crippen LogP contribution in [0.25, 0.3) is 0 Å². The Hall–Kier alpha value is -1.68. The van der Waals surface area contributed by atoms with Crippen LogP contribution < -0.4 is 15.8 Å². The summed E-state index contributed by atoms with van der Waals surface area (Å²) in [6, 6.07) is 10.4. The molecule has 102 valence electrons. The van der Waals surface area contributed by atoms with Gasteiger partial charge in [-0.1, -0.05) is 12.1 Å². The lowest BCUT2D eigenvalue weighted by atomic mass is 10.1. The molecule has 0 aliphatic rings. The van der Waals surface area contributed by atoms with E-state index in [1.165, 1.54) is 4.88 Å². The third kappa shape index (κ3) is 3.64. The molecular weight excluding hydrogens is 256 g/mol. The number of hydrogen-bond donors (Lipinski definition) is 2. The molecule has 0 spiro atoms. The lowest BCUT2D eigenvalue weighted by molar-refractivity contribution is 0.342. The van der Waals surface area contributed by atoms with Crippen molar-refractivity contribution < 1.29 is 4.74 Å². The second kappa shape index (κ2) is 6.48. The second-order valence-corrected chi connectivity index (χ2v) is 5.51. The first-order valence-corrected chi connectivity index (χ1v) is 7.39. The van der Waals surface area contributed by atoms with Crippen LogP contribution in [0.4, 0.5) is 11.4 Å². The number of anilines is 2. The largest absolute Gasteiger partial charge is 0.492 e. The minimum atomic E-state index is 0.331. The minimum Gasteiger partial charge on any atom is -0.492 e. The van der Waals surface area contributed by atoms with E-state index in [1.807, 2.05) is 25.1 Å². The maximum absolute atomic E-state index is 6.11. The molecule has 19 heavy (non-hydrogen) atoms. The standard InChI is InChI=1S/C15H20N2OS/c1-3-18-14-8-4-7-13(15(14)16)17-11(2)10-12-6-5-9-19-12/h4-9,11,17H,3,10,16H2,1-2H3. The summed E-state index contributed by atoms with van der Waals surface area (Å²) in [5.41, 5.74) is 7.73.